The van der Waals surface area contributed by atoms with E-state index < -0.39 is 5.60 Å². The predicted molar refractivity (Wildman–Crippen MR) is 92.8 cm³/mol. The fourth-order valence-electron chi connectivity index (χ4n) is 7.11. The number of likely N-dealkylation sites (tertiary alicyclic amines) is 1. The number of piperidine rings is 1. The van der Waals surface area contributed by atoms with Crippen LogP contribution in [0.5, 0.6) is 11.5 Å². The summed E-state index contributed by atoms with van der Waals surface area (Å²) in [4.78, 5) is 2.50. The number of nitrogens with zero attached hydrogens (tertiary/aromatic N) is 1. The van der Waals surface area contributed by atoms with Crippen LogP contribution in [0.2, 0.25) is 0 Å². The predicted octanol–water partition coefficient (Wildman–Crippen LogP) is 1.32. The van der Waals surface area contributed by atoms with Crippen LogP contribution in [0, 0.1) is 5.41 Å². The van der Waals surface area contributed by atoms with Crippen LogP contribution in [0.4, 0.5) is 0 Å². The number of phenols is 1. The topological polar surface area (TPSA) is 68.0 Å². The zero-order valence-corrected chi connectivity index (χ0v) is 14.7. The highest BCUT2D eigenvalue weighted by Gasteiger charge is 2.78. The van der Waals surface area contributed by atoms with Crippen LogP contribution in [0.25, 0.3) is 0 Å². The monoisotopic (exact) mass is 340 g/mol. The maximum atomic E-state index is 10.5. The summed E-state index contributed by atoms with van der Waals surface area (Å²) in [7, 11) is 3.97. The Morgan fingerprint density at radius 3 is 2.96 bits per heavy atom. The molecule has 6 aliphatic rings. The molecule has 5 heteroatoms. The summed E-state index contributed by atoms with van der Waals surface area (Å²) in [6.07, 6.45) is 7.29. The first kappa shape index (κ1) is 14.6. The number of hydrogen-bond donors (Lipinski definition) is 2. The number of fused-ring (bicyclic) bond motifs is 1. The number of phenolic OH excluding ortho intramolecular Hbond substituents is 1. The molecule has 2 heterocycles. The van der Waals surface area contributed by atoms with E-state index in [-0.39, 0.29) is 28.7 Å². The van der Waals surface area contributed by atoms with Crippen LogP contribution in [0.1, 0.15) is 24.0 Å². The number of likely N-dealkylation sites (N-methyl/N-ethyl adjacent to an activating group) is 1. The summed E-state index contributed by atoms with van der Waals surface area (Å²) in [5.41, 5.74) is 8.42. The van der Waals surface area contributed by atoms with Gasteiger partial charge in [-0.15, -0.1) is 0 Å². The smallest absolute Gasteiger partial charge is 0.165 e. The summed E-state index contributed by atoms with van der Waals surface area (Å²) in [6, 6.07) is 4.18. The third-order valence-corrected chi connectivity index (χ3v) is 8.12. The number of aromatic hydroxyl groups is 1. The molecular weight excluding hydrogens is 316 g/mol. The van der Waals surface area contributed by atoms with Crippen molar-refractivity contribution in [2.75, 3.05) is 20.7 Å². The Bertz CT molecular complexity index is 838. The zero-order valence-electron chi connectivity index (χ0n) is 14.7. The van der Waals surface area contributed by atoms with Gasteiger partial charge in [-0.25, -0.2) is 0 Å². The molecule has 2 spiro atoms. The average Bonchev–Trinajstić information content (AvgIpc) is 2.97. The summed E-state index contributed by atoms with van der Waals surface area (Å²) < 4.78 is 12.6. The fourth-order valence-corrected chi connectivity index (χ4v) is 7.11. The molecule has 0 amide bonds. The van der Waals surface area contributed by atoms with Gasteiger partial charge in [-0.1, -0.05) is 18.2 Å². The molecule has 6 atom stereocenters. The number of benzene rings is 1. The Hall–Kier alpha value is -1.56. The fraction of sp³-hybridized carbons (Fsp3) is 0.600. The lowest BCUT2D eigenvalue weighted by Gasteiger charge is -2.70. The minimum absolute atomic E-state index is 0.0452. The van der Waals surface area contributed by atoms with Gasteiger partial charge in [0.2, 0.25) is 0 Å². The van der Waals surface area contributed by atoms with Crippen molar-refractivity contribution < 1.29 is 14.6 Å². The lowest BCUT2D eigenvalue weighted by Crippen LogP contribution is -2.81. The molecule has 25 heavy (non-hydrogen) atoms. The maximum Gasteiger partial charge on any atom is 0.165 e. The molecule has 7 rings (SSSR count). The van der Waals surface area contributed by atoms with E-state index in [4.69, 9.17) is 15.2 Å². The Balaban J connectivity index is 1.75. The lowest BCUT2D eigenvalue weighted by atomic mass is 9.38. The van der Waals surface area contributed by atoms with Gasteiger partial charge in [-0.05, 0) is 44.5 Å². The highest BCUT2D eigenvalue weighted by Crippen LogP contribution is 2.73. The van der Waals surface area contributed by atoms with Gasteiger partial charge in [0.05, 0.1) is 5.41 Å². The minimum atomic E-state index is -0.623. The summed E-state index contributed by atoms with van der Waals surface area (Å²) >= 11 is 0. The number of nitrogens with two attached hydrogens (primary N) is 1. The van der Waals surface area contributed by atoms with Crippen LogP contribution in [-0.2, 0) is 16.6 Å². The van der Waals surface area contributed by atoms with Crippen LogP contribution < -0.4 is 10.5 Å². The molecule has 0 unspecified atom stereocenters. The molecule has 4 aliphatic carbocycles. The molecule has 0 radical (unpaired) electrons. The first-order chi connectivity index (χ1) is 12.0. The number of ether oxygens (including phenoxy) is 2. The van der Waals surface area contributed by atoms with Crippen LogP contribution >= 0.6 is 0 Å². The SMILES string of the molecule is CO[C@]12C=C[C@@]3(C[C@@H]1N)[C@H]1Cc4ccc(O)c5c4[C@@]3(CCN1C)[C@H]2O5. The second kappa shape index (κ2) is 4.05. The van der Waals surface area contributed by atoms with Gasteiger partial charge in [0, 0.05) is 30.2 Å². The number of hydrogen-bond acceptors (Lipinski definition) is 5. The van der Waals surface area contributed by atoms with E-state index in [1.807, 2.05) is 0 Å². The van der Waals surface area contributed by atoms with E-state index in [2.05, 4.69) is 30.2 Å². The molecule has 2 aliphatic heterocycles. The van der Waals surface area contributed by atoms with Crippen molar-refractivity contribution in [1.29, 1.82) is 0 Å². The largest absolute Gasteiger partial charge is 0.504 e. The van der Waals surface area contributed by atoms with Crippen LogP contribution in [0.3, 0.4) is 0 Å². The van der Waals surface area contributed by atoms with Crippen molar-refractivity contribution in [3.8, 4) is 11.5 Å². The van der Waals surface area contributed by atoms with E-state index in [1.165, 1.54) is 11.1 Å². The van der Waals surface area contributed by atoms with E-state index in [0.717, 1.165) is 25.8 Å². The molecule has 132 valence electrons. The van der Waals surface area contributed by atoms with Gasteiger partial charge in [0.15, 0.2) is 11.5 Å². The zero-order chi connectivity index (χ0) is 17.2. The molecule has 1 saturated carbocycles. The molecular formula is C20H24N2O3. The van der Waals surface area contributed by atoms with Crippen molar-refractivity contribution in [3.05, 3.63) is 35.4 Å². The number of rotatable bonds is 1. The van der Waals surface area contributed by atoms with Crippen LogP contribution in [-0.4, -0.2) is 54.5 Å². The Kier molecular flexibility index (Phi) is 2.37. The second-order valence-electron chi connectivity index (χ2n) is 8.61. The van der Waals surface area contributed by atoms with Crippen molar-refractivity contribution in [2.24, 2.45) is 11.1 Å². The summed E-state index contributed by atoms with van der Waals surface area (Å²) in [5.74, 6) is 0.920. The second-order valence-corrected chi connectivity index (χ2v) is 8.61. The van der Waals surface area contributed by atoms with E-state index >= 15 is 0 Å². The first-order valence-electron chi connectivity index (χ1n) is 9.23. The highest BCUT2D eigenvalue weighted by molar-refractivity contribution is 5.65. The van der Waals surface area contributed by atoms with Gasteiger partial charge < -0.3 is 25.2 Å². The molecule has 1 aromatic carbocycles. The van der Waals surface area contributed by atoms with Gasteiger partial charge in [-0.2, -0.15) is 0 Å². The lowest BCUT2D eigenvalue weighted by molar-refractivity contribution is -0.194. The third kappa shape index (κ3) is 1.23. The molecule has 3 N–H and O–H groups in total. The first-order valence-corrected chi connectivity index (χ1v) is 9.23. The number of methoxy groups -OCH3 is 1. The third-order valence-electron chi connectivity index (χ3n) is 8.12. The molecule has 4 bridgehead atoms. The minimum Gasteiger partial charge on any atom is -0.504 e. The molecule has 1 aromatic rings. The van der Waals surface area contributed by atoms with E-state index in [0.29, 0.717) is 11.8 Å². The summed E-state index contributed by atoms with van der Waals surface area (Å²) in [6.45, 7) is 1.03. The molecule has 2 fully saturated rings. The highest BCUT2D eigenvalue weighted by atomic mass is 16.6. The van der Waals surface area contributed by atoms with Gasteiger partial charge in [-0.3, -0.25) is 0 Å². The molecule has 1 saturated heterocycles. The standard InChI is InChI=1S/C20H24N2O3/c1-22-8-7-19-15-11-3-4-12(23)16(15)25-17(19)20(24-2)6-5-18(19,10-13(20)21)14(22)9-11/h3-6,13-14,17,23H,7-10,21H2,1-2H3/t13-,14+,17+,18+,19-,20+/m0/s1. The Morgan fingerprint density at radius 1 is 1.36 bits per heavy atom. The van der Waals surface area contributed by atoms with Gasteiger partial charge in [0.25, 0.3) is 0 Å². The van der Waals surface area contributed by atoms with Gasteiger partial charge in [0.1, 0.15) is 11.7 Å². The Labute approximate surface area is 147 Å². The van der Waals surface area contributed by atoms with E-state index in [1.54, 1.807) is 13.2 Å². The molecule has 5 nitrogen and oxygen atoms in total. The van der Waals surface area contributed by atoms with Crippen molar-refractivity contribution in [2.45, 2.75) is 48.5 Å². The van der Waals surface area contributed by atoms with E-state index in [9.17, 15) is 5.11 Å². The van der Waals surface area contributed by atoms with Crippen molar-refractivity contribution in [3.63, 3.8) is 0 Å². The summed E-state index contributed by atoms with van der Waals surface area (Å²) in [5, 5.41) is 10.5. The normalized spacial score (nSPS) is 48.4. The average molecular weight is 340 g/mol. The van der Waals surface area contributed by atoms with Gasteiger partial charge >= 0.3 is 0 Å². The quantitative estimate of drug-likeness (QED) is 0.755. The Morgan fingerprint density at radius 2 is 2.20 bits per heavy atom. The molecule has 0 aromatic heterocycles. The van der Waals surface area contributed by atoms with Crippen molar-refractivity contribution in [1.82, 2.24) is 4.90 Å². The van der Waals surface area contributed by atoms with Crippen molar-refractivity contribution >= 4 is 0 Å². The van der Waals surface area contributed by atoms with Crippen LogP contribution in [0.15, 0.2) is 24.3 Å². The maximum absolute atomic E-state index is 10.5.